The summed E-state index contributed by atoms with van der Waals surface area (Å²) < 4.78 is 16.5. The molecular formula is C20H23N3O4. The number of rotatable bonds is 7. The highest BCUT2D eigenvalue weighted by Gasteiger charge is 2.16. The summed E-state index contributed by atoms with van der Waals surface area (Å²) in [5.74, 6) is 1.90. The van der Waals surface area contributed by atoms with Crippen LogP contribution in [0.1, 0.15) is 31.2 Å². The molecule has 27 heavy (non-hydrogen) atoms. The number of furan rings is 1. The van der Waals surface area contributed by atoms with Gasteiger partial charge in [-0.05, 0) is 31.5 Å². The van der Waals surface area contributed by atoms with E-state index in [1.54, 1.807) is 19.4 Å². The number of amides is 2. The van der Waals surface area contributed by atoms with Crippen LogP contribution >= 0.6 is 0 Å². The fourth-order valence-corrected chi connectivity index (χ4v) is 2.68. The van der Waals surface area contributed by atoms with E-state index in [0.717, 1.165) is 10.9 Å². The molecule has 1 unspecified atom stereocenters. The monoisotopic (exact) mass is 369 g/mol. The van der Waals surface area contributed by atoms with Crippen molar-refractivity contribution in [1.82, 2.24) is 15.6 Å². The SMILES string of the molecule is CCOc1cccc2cc(C(C)NC(=O)NCc3ccc(OC)nc3)oc12. The number of para-hydroxylation sites is 1. The molecule has 0 saturated carbocycles. The second kappa shape index (κ2) is 8.44. The molecule has 0 saturated heterocycles. The number of pyridine rings is 1. The number of aromatic nitrogens is 1. The molecule has 0 aliphatic heterocycles. The molecule has 7 nitrogen and oxygen atoms in total. The molecule has 0 spiro atoms. The van der Waals surface area contributed by atoms with Crippen molar-refractivity contribution in [2.75, 3.05) is 13.7 Å². The largest absolute Gasteiger partial charge is 0.490 e. The summed E-state index contributed by atoms with van der Waals surface area (Å²) in [5.41, 5.74) is 1.57. The second-order valence-electron chi connectivity index (χ2n) is 6.01. The number of ether oxygens (including phenoxy) is 2. The molecule has 0 aliphatic carbocycles. The van der Waals surface area contributed by atoms with Crippen molar-refractivity contribution in [2.24, 2.45) is 0 Å². The van der Waals surface area contributed by atoms with Crippen LogP contribution < -0.4 is 20.1 Å². The number of carbonyl (C=O) groups is 1. The summed E-state index contributed by atoms with van der Waals surface area (Å²) in [4.78, 5) is 16.3. The molecule has 0 radical (unpaired) electrons. The third-order valence-corrected chi connectivity index (χ3v) is 4.06. The number of carbonyl (C=O) groups excluding carboxylic acids is 1. The Morgan fingerprint density at radius 3 is 2.85 bits per heavy atom. The summed E-state index contributed by atoms with van der Waals surface area (Å²) in [7, 11) is 1.56. The molecule has 142 valence electrons. The smallest absolute Gasteiger partial charge is 0.315 e. The van der Waals surface area contributed by atoms with Crippen LogP contribution in [0.2, 0.25) is 0 Å². The van der Waals surface area contributed by atoms with Crippen LogP contribution in [0.15, 0.2) is 47.0 Å². The van der Waals surface area contributed by atoms with E-state index in [1.807, 2.05) is 44.2 Å². The lowest BCUT2D eigenvalue weighted by molar-refractivity contribution is 0.236. The van der Waals surface area contributed by atoms with Gasteiger partial charge in [0.25, 0.3) is 0 Å². The van der Waals surface area contributed by atoms with Gasteiger partial charge in [0.05, 0.1) is 19.8 Å². The quantitative estimate of drug-likeness (QED) is 0.662. The van der Waals surface area contributed by atoms with Crippen LogP contribution in [0.3, 0.4) is 0 Å². The van der Waals surface area contributed by atoms with Gasteiger partial charge in [-0.15, -0.1) is 0 Å². The molecule has 3 aromatic rings. The van der Waals surface area contributed by atoms with Gasteiger partial charge < -0.3 is 24.5 Å². The fourth-order valence-electron chi connectivity index (χ4n) is 2.68. The first kappa shape index (κ1) is 18.6. The zero-order valence-corrected chi connectivity index (χ0v) is 15.6. The normalized spacial score (nSPS) is 11.8. The Kier molecular flexibility index (Phi) is 5.80. The van der Waals surface area contributed by atoms with E-state index >= 15 is 0 Å². The van der Waals surface area contributed by atoms with Crippen LogP contribution in [0.25, 0.3) is 11.0 Å². The van der Waals surface area contributed by atoms with Gasteiger partial charge in [0.1, 0.15) is 5.76 Å². The average Bonchev–Trinajstić information content (AvgIpc) is 3.12. The number of fused-ring (bicyclic) bond motifs is 1. The van der Waals surface area contributed by atoms with Crippen molar-refractivity contribution in [3.05, 3.63) is 53.9 Å². The molecule has 2 N–H and O–H groups in total. The van der Waals surface area contributed by atoms with Crippen molar-refractivity contribution < 1.29 is 18.7 Å². The third kappa shape index (κ3) is 4.49. The molecule has 7 heteroatoms. The standard InChI is InChI=1S/C20H23N3O4/c1-4-26-16-7-5-6-15-10-17(27-19(15)16)13(2)23-20(24)22-12-14-8-9-18(25-3)21-11-14/h5-11,13H,4,12H2,1-3H3,(H2,22,23,24). The number of nitrogens with zero attached hydrogens (tertiary/aromatic N) is 1. The lowest BCUT2D eigenvalue weighted by Gasteiger charge is -2.12. The maximum absolute atomic E-state index is 12.2. The van der Waals surface area contributed by atoms with E-state index in [2.05, 4.69) is 15.6 Å². The predicted molar refractivity (Wildman–Crippen MR) is 102 cm³/mol. The summed E-state index contributed by atoms with van der Waals surface area (Å²) in [6.07, 6.45) is 1.66. The topological polar surface area (TPSA) is 85.6 Å². The van der Waals surface area contributed by atoms with Gasteiger partial charge in [-0.3, -0.25) is 0 Å². The van der Waals surface area contributed by atoms with E-state index in [1.165, 1.54) is 0 Å². The highest BCUT2D eigenvalue weighted by Crippen LogP contribution is 2.31. The van der Waals surface area contributed by atoms with Crippen LogP contribution in [0.4, 0.5) is 4.79 Å². The molecule has 0 fully saturated rings. The number of benzene rings is 1. The summed E-state index contributed by atoms with van der Waals surface area (Å²) in [5, 5.41) is 6.62. The molecule has 2 aromatic heterocycles. The minimum atomic E-state index is -0.291. The van der Waals surface area contributed by atoms with E-state index in [4.69, 9.17) is 13.9 Å². The van der Waals surface area contributed by atoms with Gasteiger partial charge in [-0.2, -0.15) is 0 Å². The predicted octanol–water partition coefficient (Wildman–Crippen LogP) is 3.80. The minimum Gasteiger partial charge on any atom is -0.490 e. The lowest BCUT2D eigenvalue weighted by Crippen LogP contribution is -2.36. The Morgan fingerprint density at radius 2 is 2.15 bits per heavy atom. The van der Waals surface area contributed by atoms with Crippen LogP contribution in [-0.4, -0.2) is 24.7 Å². The van der Waals surface area contributed by atoms with E-state index < -0.39 is 0 Å². The summed E-state index contributed by atoms with van der Waals surface area (Å²) in [6, 6.07) is 10.7. The Balaban J connectivity index is 1.60. The van der Waals surface area contributed by atoms with Gasteiger partial charge >= 0.3 is 6.03 Å². The molecule has 2 amide bonds. The average molecular weight is 369 g/mol. The highest BCUT2D eigenvalue weighted by molar-refractivity contribution is 5.84. The second-order valence-corrected chi connectivity index (χ2v) is 6.01. The first-order valence-electron chi connectivity index (χ1n) is 8.79. The maximum Gasteiger partial charge on any atom is 0.315 e. The molecular weight excluding hydrogens is 346 g/mol. The molecule has 1 atom stereocenters. The minimum absolute atomic E-state index is 0.288. The molecule has 1 aromatic carbocycles. The molecule has 0 bridgehead atoms. The highest BCUT2D eigenvalue weighted by atomic mass is 16.5. The van der Waals surface area contributed by atoms with E-state index in [9.17, 15) is 4.79 Å². The fraction of sp³-hybridized carbons (Fsp3) is 0.300. The zero-order valence-electron chi connectivity index (χ0n) is 15.6. The first-order valence-corrected chi connectivity index (χ1v) is 8.79. The van der Waals surface area contributed by atoms with E-state index in [-0.39, 0.29) is 12.1 Å². The number of nitrogens with one attached hydrogen (secondary N) is 2. The molecule has 0 aliphatic rings. The Bertz CT molecular complexity index is 905. The molecule has 2 heterocycles. The Labute approximate surface area is 157 Å². The van der Waals surface area contributed by atoms with Gasteiger partial charge in [0.15, 0.2) is 11.3 Å². The molecule has 3 rings (SSSR count). The van der Waals surface area contributed by atoms with Crippen molar-refractivity contribution in [3.63, 3.8) is 0 Å². The first-order chi connectivity index (χ1) is 13.1. The van der Waals surface area contributed by atoms with Gasteiger partial charge in [0.2, 0.25) is 5.88 Å². The van der Waals surface area contributed by atoms with Crippen molar-refractivity contribution in [3.8, 4) is 11.6 Å². The summed E-state index contributed by atoms with van der Waals surface area (Å²) >= 11 is 0. The third-order valence-electron chi connectivity index (χ3n) is 4.06. The van der Waals surface area contributed by atoms with Crippen LogP contribution in [0, 0.1) is 0 Å². The zero-order chi connectivity index (χ0) is 19.2. The number of hydrogen-bond acceptors (Lipinski definition) is 5. The number of hydrogen-bond donors (Lipinski definition) is 2. The lowest BCUT2D eigenvalue weighted by atomic mass is 10.2. The maximum atomic E-state index is 12.2. The van der Waals surface area contributed by atoms with Crippen molar-refractivity contribution >= 4 is 17.0 Å². The number of methoxy groups -OCH3 is 1. The van der Waals surface area contributed by atoms with Gasteiger partial charge in [-0.1, -0.05) is 18.2 Å². The van der Waals surface area contributed by atoms with Crippen LogP contribution in [-0.2, 0) is 6.54 Å². The number of urea groups is 1. The van der Waals surface area contributed by atoms with Gasteiger partial charge in [0, 0.05) is 24.2 Å². The Hall–Kier alpha value is -3.22. The Morgan fingerprint density at radius 1 is 1.30 bits per heavy atom. The summed E-state index contributed by atoms with van der Waals surface area (Å²) in [6.45, 7) is 4.72. The van der Waals surface area contributed by atoms with Crippen molar-refractivity contribution in [2.45, 2.75) is 26.4 Å². The van der Waals surface area contributed by atoms with Crippen LogP contribution in [0.5, 0.6) is 11.6 Å². The van der Waals surface area contributed by atoms with Crippen molar-refractivity contribution in [1.29, 1.82) is 0 Å². The van der Waals surface area contributed by atoms with Gasteiger partial charge in [-0.25, -0.2) is 9.78 Å². The van der Waals surface area contributed by atoms with E-state index in [0.29, 0.717) is 36.1 Å².